The summed E-state index contributed by atoms with van der Waals surface area (Å²) in [5, 5.41) is 11.3. The number of nitrogens with zero attached hydrogens (tertiary/aromatic N) is 1. The zero-order chi connectivity index (χ0) is 25.8. The van der Waals surface area contributed by atoms with E-state index >= 15 is 0 Å². The van der Waals surface area contributed by atoms with Crippen LogP contribution in [0, 0.1) is 11.8 Å². The van der Waals surface area contributed by atoms with E-state index in [1.807, 2.05) is 0 Å². The number of aromatic nitrogens is 1. The number of rotatable bonds is 8. The highest BCUT2D eigenvalue weighted by atomic mass is 32.2. The number of methoxy groups -OCH3 is 1. The standard InChI is InChI=1S/C22H22F3N5O4S/c1-34-20-11-15(35(27,32)33)7-8-18(20)28-9-3-4-14-10-16-17(29-12-21(26)31)5-2-6-19(16)30(14)13-22(23,24)25/h2,5-8,10-11,28-29H,9,12-13H2,1H3,(H2,26,31)(H2,27,32,33). The molecule has 0 aliphatic heterocycles. The van der Waals surface area contributed by atoms with Crippen molar-refractivity contribution in [3.05, 3.63) is 48.2 Å². The first kappa shape index (κ1) is 25.7. The number of carbonyl (C=O) groups is 1. The average Bonchev–Trinajstić information content (AvgIpc) is 3.10. The van der Waals surface area contributed by atoms with Crippen molar-refractivity contribution in [3.63, 3.8) is 0 Å². The van der Waals surface area contributed by atoms with Crippen LogP contribution >= 0.6 is 0 Å². The number of hydrogen-bond donors (Lipinski definition) is 4. The van der Waals surface area contributed by atoms with Crippen LogP contribution in [-0.4, -0.2) is 45.3 Å². The predicted octanol–water partition coefficient (Wildman–Crippen LogP) is 2.22. The van der Waals surface area contributed by atoms with Gasteiger partial charge in [-0.3, -0.25) is 4.79 Å². The highest BCUT2D eigenvalue weighted by molar-refractivity contribution is 7.89. The van der Waals surface area contributed by atoms with Crippen molar-refractivity contribution in [2.75, 3.05) is 30.8 Å². The molecule has 13 heteroatoms. The van der Waals surface area contributed by atoms with Crippen LogP contribution in [0.3, 0.4) is 0 Å². The number of sulfonamides is 1. The summed E-state index contributed by atoms with van der Waals surface area (Å²) in [6.07, 6.45) is -4.49. The van der Waals surface area contributed by atoms with Gasteiger partial charge in [-0.05, 0) is 36.3 Å². The molecule has 0 radical (unpaired) electrons. The van der Waals surface area contributed by atoms with E-state index in [1.165, 1.54) is 37.4 Å². The first-order valence-electron chi connectivity index (χ1n) is 10.0. The molecule has 2 aromatic carbocycles. The van der Waals surface area contributed by atoms with Gasteiger partial charge >= 0.3 is 6.18 Å². The van der Waals surface area contributed by atoms with E-state index < -0.39 is 28.7 Å². The molecule has 3 rings (SSSR count). The number of ether oxygens (including phenoxy) is 1. The van der Waals surface area contributed by atoms with Crippen molar-refractivity contribution in [2.45, 2.75) is 17.6 Å². The second-order valence-electron chi connectivity index (χ2n) is 7.35. The van der Waals surface area contributed by atoms with Gasteiger partial charge in [0.2, 0.25) is 15.9 Å². The molecule has 0 saturated carbocycles. The minimum atomic E-state index is -4.49. The van der Waals surface area contributed by atoms with E-state index in [2.05, 4.69) is 22.5 Å². The van der Waals surface area contributed by atoms with Crippen molar-refractivity contribution in [2.24, 2.45) is 10.9 Å². The van der Waals surface area contributed by atoms with E-state index in [0.717, 1.165) is 4.57 Å². The molecule has 6 N–H and O–H groups in total. The van der Waals surface area contributed by atoms with E-state index in [9.17, 15) is 26.4 Å². The number of hydrogen-bond acceptors (Lipinski definition) is 6. The molecule has 186 valence electrons. The summed E-state index contributed by atoms with van der Waals surface area (Å²) in [6.45, 7) is -1.41. The zero-order valence-electron chi connectivity index (χ0n) is 18.4. The SMILES string of the molecule is COc1cc(S(N)(=O)=O)ccc1NCC#Cc1cc2c(NCC(N)=O)cccc2n1CC(F)(F)F. The summed E-state index contributed by atoms with van der Waals surface area (Å²) >= 11 is 0. The molecule has 0 aliphatic carbocycles. The number of benzene rings is 2. The normalized spacial score (nSPS) is 11.6. The van der Waals surface area contributed by atoms with Gasteiger partial charge < -0.3 is 25.7 Å². The number of primary amides is 1. The minimum Gasteiger partial charge on any atom is -0.495 e. The van der Waals surface area contributed by atoms with Gasteiger partial charge in [0.25, 0.3) is 0 Å². The van der Waals surface area contributed by atoms with E-state index in [-0.39, 0.29) is 34.9 Å². The monoisotopic (exact) mass is 509 g/mol. The van der Waals surface area contributed by atoms with Gasteiger partial charge in [-0.15, -0.1) is 0 Å². The Morgan fingerprint density at radius 2 is 1.89 bits per heavy atom. The Bertz CT molecular complexity index is 1420. The van der Waals surface area contributed by atoms with Crippen molar-refractivity contribution < 1.29 is 31.1 Å². The van der Waals surface area contributed by atoms with Crippen LogP contribution in [0.15, 0.2) is 47.4 Å². The Hall–Kier alpha value is -3.89. The van der Waals surface area contributed by atoms with Crippen LogP contribution < -0.4 is 26.2 Å². The fourth-order valence-electron chi connectivity index (χ4n) is 3.34. The number of alkyl halides is 3. The van der Waals surface area contributed by atoms with Crippen LogP contribution in [0.25, 0.3) is 10.9 Å². The van der Waals surface area contributed by atoms with Gasteiger partial charge in [-0.1, -0.05) is 12.0 Å². The van der Waals surface area contributed by atoms with Gasteiger partial charge in [0, 0.05) is 17.1 Å². The minimum absolute atomic E-state index is 0.0193. The lowest BCUT2D eigenvalue weighted by Crippen LogP contribution is -2.21. The van der Waals surface area contributed by atoms with Gasteiger partial charge in [-0.25, -0.2) is 13.6 Å². The van der Waals surface area contributed by atoms with Gasteiger partial charge in [-0.2, -0.15) is 13.2 Å². The van der Waals surface area contributed by atoms with Crippen LogP contribution in [0.1, 0.15) is 5.69 Å². The molecular formula is C22H22F3N5O4S. The Labute approximate surface area is 199 Å². The lowest BCUT2D eigenvalue weighted by Gasteiger charge is -2.12. The lowest BCUT2D eigenvalue weighted by molar-refractivity contribution is -0.140. The van der Waals surface area contributed by atoms with Crippen LogP contribution in [0.5, 0.6) is 5.75 Å². The number of fused-ring (bicyclic) bond motifs is 1. The molecule has 9 nitrogen and oxygen atoms in total. The van der Waals surface area contributed by atoms with Crippen molar-refractivity contribution >= 4 is 38.2 Å². The number of nitrogens with two attached hydrogens (primary N) is 2. The third kappa shape index (κ3) is 6.58. The van der Waals surface area contributed by atoms with E-state index in [1.54, 1.807) is 12.1 Å². The summed E-state index contributed by atoms with van der Waals surface area (Å²) in [7, 11) is -2.57. The molecule has 35 heavy (non-hydrogen) atoms. The summed E-state index contributed by atoms with van der Waals surface area (Å²) in [5.41, 5.74) is 6.42. The lowest BCUT2D eigenvalue weighted by atomic mass is 10.2. The first-order valence-corrected chi connectivity index (χ1v) is 11.6. The van der Waals surface area contributed by atoms with E-state index in [0.29, 0.717) is 16.8 Å². The third-order valence-corrected chi connectivity index (χ3v) is 5.73. The zero-order valence-corrected chi connectivity index (χ0v) is 19.3. The molecule has 3 aromatic rings. The number of halogens is 3. The first-order chi connectivity index (χ1) is 16.4. The Morgan fingerprint density at radius 1 is 1.14 bits per heavy atom. The van der Waals surface area contributed by atoms with Crippen molar-refractivity contribution in [1.82, 2.24) is 4.57 Å². The van der Waals surface area contributed by atoms with Gasteiger partial charge in [0.05, 0.1) is 42.0 Å². The van der Waals surface area contributed by atoms with Crippen LogP contribution in [0.2, 0.25) is 0 Å². The second-order valence-corrected chi connectivity index (χ2v) is 8.91. The Balaban J connectivity index is 1.90. The maximum atomic E-state index is 13.3. The molecular weight excluding hydrogens is 487 g/mol. The van der Waals surface area contributed by atoms with Crippen LogP contribution in [0.4, 0.5) is 24.5 Å². The third-order valence-electron chi connectivity index (χ3n) is 4.82. The molecule has 0 saturated heterocycles. The highest BCUT2D eigenvalue weighted by Crippen LogP contribution is 2.30. The molecule has 1 aromatic heterocycles. The summed E-state index contributed by atoms with van der Waals surface area (Å²) in [4.78, 5) is 11.0. The fourth-order valence-corrected chi connectivity index (χ4v) is 3.87. The summed E-state index contributed by atoms with van der Waals surface area (Å²) < 4.78 is 69.0. The molecule has 0 aliphatic rings. The number of anilines is 2. The summed E-state index contributed by atoms with van der Waals surface area (Å²) in [5.74, 6) is 5.08. The average molecular weight is 510 g/mol. The van der Waals surface area contributed by atoms with E-state index in [4.69, 9.17) is 15.6 Å². The number of primary sulfonamides is 1. The maximum Gasteiger partial charge on any atom is 0.406 e. The quantitative estimate of drug-likeness (QED) is 0.343. The molecule has 0 spiro atoms. The number of carbonyl (C=O) groups excluding carboxylic acids is 1. The summed E-state index contributed by atoms with van der Waals surface area (Å²) in [6, 6.07) is 10.2. The molecule has 1 heterocycles. The smallest absolute Gasteiger partial charge is 0.406 e. The van der Waals surface area contributed by atoms with Crippen LogP contribution in [-0.2, 0) is 21.4 Å². The Kier molecular flexibility index (Phi) is 7.47. The molecule has 0 fully saturated rings. The highest BCUT2D eigenvalue weighted by Gasteiger charge is 2.30. The van der Waals surface area contributed by atoms with Crippen molar-refractivity contribution in [3.8, 4) is 17.6 Å². The number of nitrogens with one attached hydrogen (secondary N) is 2. The fraction of sp³-hybridized carbons (Fsp3) is 0.227. The molecule has 1 amide bonds. The van der Waals surface area contributed by atoms with Crippen molar-refractivity contribution in [1.29, 1.82) is 0 Å². The Morgan fingerprint density at radius 3 is 2.51 bits per heavy atom. The molecule has 0 bridgehead atoms. The topological polar surface area (TPSA) is 141 Å². The maximum absolute atomic E-state index is 13.3. The largest absolute Gasteiger partial charge is 0.495 e. The van der Waals surface area contributed by atoms with Gasteiger partial charge in [0.1, 0.15) is 12.3 Å². The second kappa shape index (κ2) is 10.2. The number of amides is 1. The molecule has 0 unspecified atom stereocenters. The van der Waals surface area contributed by atoms with Gasteiger partial charge in [0.15, 0.2) is 0 Å². The molecule has 0 atom stereocenters. The predicted molar refractivity (Wildman–Crippen MR) is 125 cm³/mol.